The second-order valence-electron chi connectivity index (χ2n) is 9.56. The fourth-order valence-electron chi connectivity index (χ4n) is 4.46. The van der Waals surface area contributed by atoms with Gasteiger partial charge in [0, 0.05) is 38.9 Å². The zero-order chi connectivity index (χ0) is 25.8. The molecule has 1 N–H and O–H groups in total. The number of nitrogens with one attached hydrogen (secondary N) is 1. The zero-order valence-corrected chi connectivity index (χ0v) is 21.7. The van der Waals surface area contributed by atoms with E-state index in [0.717, 1.165) is 70.5 Å². The van der Waals surface area contributed by atoms with E-state index in [1.165, 1.54) is 57.6 Å². The Morgan fingerprint density at radius 2 is 1.44 bits per heavy atom. The Hall–Kier alpha value is -2.46. The number of hydroxylamine groups is 2. The topological polar surface area (TPSA) is 124 Å². The number of unbranched alkanes of at least 4 members (excludes halogenated alkanes) is 13. The largest absolute Gasteiger partial charge is 0.756 e. The van der Waals surface area contributed by atoms with Crippen molar-refractivity contribution in [1.29, 1.82) is 0 Å². The van der Waals surface area contributed by atoms with Crippen molar-refractivity contribution >= 4 is 11.7 Å². The molecule has 0 bridgehead atoms. The number of anilines is 1. The molecular weight excluding hydrogens is 462 g/mol. The molecule has 0 aromatic carbocycles. The number of pyridine rings is 1. The summed E-state index contributed by atoms with van der Waals surface area (Å²) in [5, 5.41) is 25.4. The quantitative estimate of drug-likeness (QED) is 0.147. The predicted molar refractivity (Wildman–Crippen MR) is 141 cm³/mol. The molecule has 0 saturated carbocycles. The van der Waals surface area contributed by atoms with Crippen molar-refractivity contribution in [2.24, 2.45) is 0 Å². The lowest BCUT2D eigenvalue weighted by Crippen LogP contribution is -2.43. The molecule has 1 aromatic rings. The zero-order valence-electron chi connectivity index (χ0n) is 21.7. The summed E-state index contributed by atoms with van der Waals surface area (Å²) in [6, 6.07) is 3.53. The summed E-state index contributed by atoms with van der Waals surface area (Å²) >= 11 is 0. The summed E-state index contributed by atoms with van der Waals surface area (Å²) < 4.78 is 0. The Bertz CT molecular complexity index is 728. The fraction of sp³-hybridized carbons (Fsp3) is 0.769. The van der Waals surface area contributed by atoms with Crippen LogP contribution >= 0.6 is 0 Å². The highest BCUT2D eigenvalue weighted by atomic mass is 16.9. The summed E-state index contributed by atoms with van der Waals surface area (Å²) in [5.41, 5.74) is 0.353. The third kappa shape index (κ3) is 13.0. The maximum atomic E-state index is 12.4. The van der Waals surface area contributed by atoms with Gasteiger partial charge in [-0.05, 0) is 25.0 Å². The van der Waals surface area contributed by atoms with E-state index in [1.807, 2.05) is 6.07 Å². The van der Waals surface area contributed by atoms with Gasteiger partial charge in [0.1, 0.15) is 5.82 Å². The normalized spacial score (nSPS) is 13.5. The molecular formula is C26H44N5O5-. The Morgan fingerprint density at radius 3 is 1.94 bits per heavy atom. The highest BCUT2D eigenvalue weighted by Crippen LogP contribution is 2.15. The highest BCUT2D eigenvalue weighted by molar-refractivity contribution is 5.94. The summed E-state index contributed by atoms with van der Waals surface area (Å²) in [7, 11) is 0. The number of amides is 1. The van der Waals surface area contributed by atoms with Crippen LogP contribution in [0.3, 0.4) is 0 Å². The third-order valence-electron chi connectivity index (χ3n) is 6.61. The maximum absolute atomic E-state index is 12.4. The van der Waals surface area contributed by atoms with Gasteiger partial charge in [-0.2, -0.15) is 0 Å². The second kappa shape index (κ2) is 18.8. The minimum atomic E-state index is -0.726. The number of hydrogen-bond acceptors (Lipinski definition) is 8. The van der Waals surface area contributed by atoms with E-state index in [-0.39, 0.29) is 13.2 Å². The van der Waals surface area contributed by atoms with Crippen LogP contribution in [-0.4, -0.2) is 60.4 Å². The van der Waals surface area contributed by atoms with Crippen LogP contribution in [0.15, 0.2) is 18.3 Å². The predicted octanol–water partition coefficient (Wildman–Crippen LogP) is 5.10. The van der Waals surface area contributed by atoms with Gasteiger partial charge in [-0.3, -0.25) is 4.79 Å². The molecule has 10 nitrogen and oxygen atoms in total. The van der Waals surface area contributed by atoms with E-state index < -0.39 is 11.0 Å². The van der Waals surface area contributed by atoms with E-state index in [0.29, 0.717) is 10.6 Å². The van der Waals surface area contributed by atoms with Crippen molar-refractivity contribution in [3.63, 3.8) is 0 Å². The van der Waals surface area contributed by atoms with E-state index in [4.69, 9.17) is 0 Å². The lowest BCUT2D eigenvalue weighted by atomic mass is 10.0. The molecule has 1 saturated heterocycles. The standard InChI is InChI=1S/C26H44N5O5/c32-26(24-15-16-25(28-23-24)29-20-17-27-18-21-29)30(33)19-13-11-9-7-5-3-1-2-4-6-8-10-12-14-22-36-31(34)35/h15-16,23,27H,1-14,17-22H2/q-1. The van der Waals surface area contributed by atoms with Gasteiger partial charge in [-0.15, -0.1) is 10.1 Å². The van der Waals surface area contributed by atoms with Crippen molar-refractivity contribution in [3.8, 4) is 0 Å². The SMILES string of the molecule is O=C(c1ccc(N2CCNCC2)nc1)N([O-])CCCCCCCCCCCCCCCCO[N+](=O)[O-]. The minimum Gasteiger partial charge on any atom is -0.756 e. The van der Waals surface area contributed by atoms with Gasteiger partial charge in [-0.25, -0.2) is 4.98 Å². The fourth-order valence-corrected chi connectivity index (χ4v) is 4.46. The minimum absolute atomic E-state index is 0.212. The molecule has 0 aliphatic carbocycles. The van der Waals surface area contributed by atoms with Gasteiger partial charge in [0.2, 0.25) is 5.91 Å². The first-order valence-electron chi connectivity index (χ1n) is 13.8. The van der Waals surface area contributed by atoms with Crippen molar-refractivity contribution in [3.05, 3.63) is 39.2 Å². The van der Waals surface area contributed by atoms with Crippen LogP contribution in [0.1, 0.15) is 100 Å². The maximum Gasteiger partial charge on any atom is 0.294 e. The summed E-state index contributed by atoms with van der Waals surface area (Å²) in [6.07, 6.45) is 17.1. The summed E-state index contributed by atoms with van der Waals surface area (Å²) in [6.45, 7) is 4.08. The van der Waals surface area contributed by atoms with Gasteiger partial charge < -0.3 is 25.3 Å². The van der Waals surface area contributed by atoms with Gasteiger partial charge in [0.15, 0.2) is 0 Å². The van der Waals surface area contributed by atoms with Gasteiger partial charge in [0.25, 0.3) is 5.09 Å². The van der Waals surface area contributed by atoms with E-state index >= 15 is 0 Å². The molecule has 1 fully saturated rings. The lowest BCUT2D eigenvalue weighted by molar-refractivity contribution is -0.757. The van der Waals surface area contributed by atoms with Crippen LogP contribution < -0.4 is 10.2 Å². The Morgan fingerprint density at radius 1 is 0.917 bits per heavy atom. The van der Waals surface area contributed by atoms with E-state index in [2.05, 4.69) is 20.0 Å². The smallest absolute Gasteiger partial charge is 0.294 e. The van der Waals surface area contributed by atoms with Crippen LogP contribution in [-0.2, 0) is 4.84 Å². The van der Waals surface area contributed by atoms with Crippen LogP contribution in [0.5, 0.6) is 0 Å². The van der Waals surface area contributed by atoms with Gasteiger partial charge in [0.05, 0.1) is 12.2 Å². The van der Waals surface area contributed by atoms with Crippen LogP contribution in [0, 0.1) is 15.3 Å². The second-order valence-corrected chi connectivity index (χ2v) is 9.56. The lowest BCUT2D eigenvalue weighted by Gasteiger charge is -2.29. The molecule has 1 aromatic heterocycles. The first-order chi connectivity index (χ1) is 17.6. The van der Waals surface area contributed by atoms with Crippen LogP contribution in [0.25, 0.3) is 0 Å². The summed E-state index contributed by atoms with van der Waals surface area (Å²) in [5.74, 6) is 0.346. The molecule has 1 amide bonds. The van der Waals surface area contributed by atoms with Crippen molar-refractivity contribution in [2.75, 3.05) is 44.2 Å². The monoisotopic (exact) mass is 506 g/mol. The number of piperazine rings is 1. The molecule has 0 unspecified atom stereocenters. The molecule has 2 heterocycles. The molecule has 10 heteroatoms. The van der Waals surface area contributed by atoms with E-state index in [9.17, 15) is 20.1 Å². The molecule has 0 radical (unpaired) electrons. The molecule has 1 aliphatic rings. The molecule has 204 valence electrons. The van der Waals surface area contributed by atoms with Crippen LogP contribution in [0.2, 0.25) is 0 Å². The molecule has 0 atom stereocenters. The van der Waals surface area contributed by atoms with Gasteiger partial charge in [-0.1, -0.05) is 77.0 Å². The Balaban J connectivity index is 1.39. The highest BCUT2D eigenvalue weighted by Gasteiger charge is 2.13. The average molecular weight is 507 g/mol. The number of aromatic nitrogens is 1. The van der Waals surface area contributed by atoms with Crippen molar-refractivity contribution < 1.29 is 14.7 Å². The first-order valence-corrected chi connectivity index (χ1v) is 13.8. The Labute approximate surface area is 215 Å². The number of hydrogen-bond donors (Lipinski definition) is 1. The summed E-state index contributed by atoms with van der Waals surface area (Å²) in [4.78, 5) is 33.3. The number of rotatable bonds is 20. The average Bonchev–Trinajstić information content (AvgIpc) is 2.90. The molecule has 0 spiro atoms. The third-order valence-corrected chi connectivity index (χ3v) is 6.61. The number of nitrogens with zero attached hydrogens (tertiary/aromatic N) is 4. The number of carbonyl (C=O) groups is 1. The van der Waals surface area contributed by atoms with E-state index in [1.54, 1.807) is 6.07 Å². The van der Waals surface area contributed by atoms with Crippen LogP contribution in [0.4, 0.5) is 5.82 Å². The first kappa shape index (κ1) is 29.8. The van der Waals surface area contributed by atoms with Crippen molar-refractivity contribution in [1.82, 2.24) is 15.4 Å². The molecule has 1 aliphatic heterocycles. The number of carbonyl (C=O) groups excluding carboxylic acids is 1. The molecule has 36 heavy (non-hydrogen) atoms. The molecule has 2 rings (SSSR count). The Kier molecular flexibility index (Phi) is 15.5. The van der Waals surface area contributed by atoms with Crippen molar-refractivity contribution in [2.45, 2.75) is 89.9 Å². The van der Waals surface area contributed by atoms with Gasteiger partial charge >= 0.3 is 0 Å².